The number of ether oxygens (including phenoxy) is 1. The zero-order valence-corrected chi connectivity index (χ0v) is 14.0. The van der Waals surface area contributed by atoms with E-state index in [1.165, 1.54) is 0 Å². The van der Waals surface area contributed by atoms with Crippen molar-refractivity contribution in [3.8, 4) is 5.75 Å². The molecule has 1 aromatic carbocycles. The summed E-state index contributed by atoms with van der Waals surface area (Å²) >= 11 is 0. The Balaban J connectivity index is 2.34. The van der Waals surface area contributed by atoms with Crippen molar-refractivity contribution < 1.29 is 9.53 Å². The van der Waals surface area contributed by atoms with Crippen LogP contribution in [-0.4, -0.2) is 18.6 Å². The minimum Gasteiger partial charge on any atom is -0.478 e. The number of unbranched alkanes of at least 4 members (excludes halogenated alkanes) is 1. The van der Waals surface area contributed by atoms with Crippen LogP contribution in [0.3, 0.4) is 0 Å². The van der Waals surface area contributed by atoms with Gasteiger partial charge in [-0.15, -0.1) is 0 Å². The van der Waals surface area contributed by atoms with Crippen molar-refractivity contribution >= 4 is 11.6 Å². The van der Waals surface area contributed by atoms with Gasteiger partial charge in [0.05, 0.1) is 5.69 Å². The van der Waals surface area contributed by atoms with Crippen LogP contribution in [0.4, 0.5) is 5.69 Å². The van der Waals surface area contributed by atoms with Gasteiger partial charge < -0.3 is 15.4 Å². The van der Waals surface area contributed by atoms with Gasteiger partial charge in [0, 0.05) is 12.6 Å². The highest BCUT2D eigenvalue weighted by Crippen LogP contribution is 2.37. The lowest BCUT2D eigenvalue weighted by molar-refractivity contribution is -0.126. The second-order valence-corrected chi connectivity index (χ2v) is 5.98. The monoisotopic (exact) mass is 304 g/mol. The van der Waals surface area contributed by atoms with Crippen molar-refractivity contribution in [2.45, 2.75) is 65.0 Å². The first-order valence-corrected chi connectivity index (χ1v) is 8.49. The van der Waals surface area contributed by atoms with Crippen molar-refractivity contribution in [1.29, 1.82) is 0 Å². The molecule has 1 aliphatic rings. The van der Waals surface area contributed by atoms with E-state index in [-0.39, 0.29) is 18.1 Å². The van der Waals surface area contributed by atoms with Crippen LogP contribution in [-0.2, 0) is 4.79 Å². The number of benzene rings is 1. The Bertz CT molecular complexity index is 516. The molecule has 22 heavy (non-hydrogen) atoms. The molecule has 2 unspecified atom stereocenters. The van der Waals surface area contributed by atoms with Gasteiger partial charge in [-0.05, 0) is 37.0 Å². The largest absolute Gasteiger partial charge is 0.478 e. The molecule has 0 saturated carbocycles. The molecule has 2 N–H and O–H groups in total. The summed E-state index contributed by atoms with van der Waals surface area (Å²) in [5, 5.41) is 0. The van der Waals surface area contributed by atoms with E-state index in [4.69, 9.17) is 10.5 Å². The molecule has 1 aliphatic heterocycles. The standard InChI is InChI=1S/C18H28N2O2/c1-4-7-11-20-15-12-13(14(19)8-5-2)9-10-17(15)22-16(6-3)18(20)21/h9-10,12,14,16H,4-8,11,19H2,1-3H3. The summed E-state index contributed by atoms with van der Waals surface area (Å²) in [6.07, 6.45) is 4.38. The summed E-state index contributed by atoms with van der Waals surface area (Å²) in [5.41, 5.74) is 8.19. The maximum absolute atomic E-state index is 12.6. The van der Waals surface area contributed by atoms with Gasteiger partial charge in [-0.3, -0.25) is 4.79 Å². The average molecular weight is 304 g/mol. The molecule has 0 fully saturated rings. The van der Waals surface area contributed by atoms with Gasteiger partial charge in [0.1, 0.15) is 5.75 Å². The molecule has 0 aromatic heterocycles. The normalized spacial score (nSPS) is 18.8. The minimum atomic E-state index is -0.362. The quantitative estimate of drug-likeness (QED) is 0.834. The first-order chi connectivity index (χ1) is 10.6. The molecule has 0 spiro atoms. The number of hydrogen-bond donors (Lipinski definition) is 1. The Morgan fingerprint density at radius 3 is 2.68 bits per heavy atom. The van der Waals surface area contributed by atoms with Gasteiger partial charge >= 0.3 is 0 Å². The highest BCUT2D eigenvalue weighted by Gasteiger charge is 2.33. The minimum absolute atomic E-state index is 0.0160. The molecule has 2 atom stereocenters. The molecule has 0 saturated heterocycles. The first kappa shape index (κ1) is 16.8. The van der Waals surface area contributed by atoms with Crippen molar-refractivity contribution in [3.63, 3.8) is 0 Å². The molecular formula is C18H28N2O2. The number of hydrogen-bond acceptors (Lipinski definition) is 3. The van der Waals surface area contributed by atoms with E-state index in [0.29, 0.717) is 6.42 Å². The van der Waals surface area contributed by atoms with E-state index >= 15 is 0 Å². The molecule has 0 bridgehead atoms. The lowest BCUT2D eigenvalue weighted by Crippen LogP contribution is -2.46. The number of anilines is 1. The molecule has 1 aromatic rings. The maximum atomic E-state index is 12.6. The molecule has 1 amide bonds. The van der Waals surface area contributed by atoms with Crippen molar-refractivity contribution in [3.05, 3.63) is 23.8 Å². The van der Waals surface area contributed by atoms with Gasteiger partial charge in [-0.25, -0.2) is 0 Å². The lowest BCUT2D eigenvalue weighted by Gasteiger charge is -2.34. The van der Waals surface area contributed by atoms with Gasteiger partial charge in [-0.1, -0.05) is 39.7 Å². The Morgan fingerprint density at radius 1 is 1.27 bits per heavy atom. The predicted octanol–water partition coefficient (Wildman–Crippen LogP) is 3.79. The summed E-state index contributed by atoms with van der Waals surface area (Å²) in [7, 11) is 0. The van der Waals surface area contributed by atoms with Crippen molar-refractivity contribution in [1.82, 2.24) is 0 Å². The topological polar surface area (TPSA) is 55.6 Å². The lowest BCUT2D eigenvalue weighted by atomic mass is 10.0. The van der Waals surface area contributed by atoms with E-state index in [0.717, 1.165) is 49.2 Å². The van der Waals surface area contributed by atoms with E-state index in [9.17, 15) is 4.79 Å². The second kappa shape index (κ2) is 7.63. The van der Waals surface area contributed by atoms with Crippen LogP contribution in [0.25, 0.3) is 0 Å². The summed E-state index contributed by atoms with van der Waals surface area (Å²) in [6.45, 7) is 6.99. The zero-order valence-electron chi connectivity index (χ0n) is 14.0. The van der Waals surface area contributed by atoms with Crippen LogP contribution in [0.15, 0.2) is 18.2 Å². The van der Waals surface area contributed by atoms with Crippen LogP contribution in [0.2, 0.25) is 0 Å². The molecule has 2 rings (SSSR count). The predicted molar refractivity (Wildman–Crippen MR) is 90.2 cm³/mol. The molecule has 122 valence electrons. The molecule has 4 heteroatoms. The zero-order chi connectivity index (χ0) is 16.1. The average Bonchev–Trinajstić information content (AvgIpc) is 2.53. The Kier molecular flexibility index (Phi) is 5.83. The Morgan fingerprint density at radius 2 is 2.05 bits per heavy atom. The van der Waals surface area contributed by atoms with E-state index < -0.39 is 0 Å². The Labute approximate surface area is 133 Å². The van der Waals surface area contributed by atoms with Crippen LogP contribution in [0.1, 0.15) is 64.5 Å². The van der Waals surface area contributed by atoms with Crippen LogP contribution in [0, 0.1) is 0 Å². The molecule has 4 nitrogen and oxygen atoms in total. The fraction of sp³-hybridized carbons (Fsp3) is 0.611. The third-order valence-electron chi connectivity index (χ3n) is 4.22. The molecule has 0 radical (unpaired) electrons. The van der Waals surface area contributed by atoms with Crippen LogP contribution < -0.4 is 15.4 Å². The SMILES string of the molecule is CCCCN1C(=O)C(CC)Oc2ccc(C(N)CCC)cc21. The fourth-order valence-corrected chi connectivity index (χ4v) is 2.85. The summed E-state index contributed by atoms with van der Waals surface area (Å²) in [6, 6.07) is 6.05. The van der Waals surface area contributed by atoms with Gasteiger partial charge in [0.2, 0.25) is 0 Å². The number of fused-ring (bicyclic) bond motifs is 1. The van der Waals surface area contributed by atoms with E-state index in [2.05, 4.69) is 13.8 Å². The first-order valence-electron chi connectivity index (χ1n) is 8.49. The Hall–Kier alpha value is -1.55. The van der Waals surface area contributed by atoms with Crippen LogP contribution >= 0.6 is 0 Å². The molecule has 1 heterocycles. The third-order valence-corrected chi connectivity index (χ3v) is 4.22. The number of nitrogens with zero attached hydrogens (tertiary/aromatic N) is 1. The number of amides is 1. The fourth-order valence-electron chi connectivity index (χ4n) is 2.85. The maximum Gasteiger partial charge on any atom is 0.268 e. The number of carbonyl (C=O) groups is 1. The highest BCUT2D eigenvalue weighted by atomic mass is 16.5. The smallest absolute Gasteiger partial charge is 0.268 e. The van der Waals surface area contributed by atoms with E-state index in [1.807, 2.05) is 30.0 Å². The summed E-state index contributed by atoms with van der Waals surface area (Å²) in [4.78, 5) is 14.5. The third kappa shape index (κ3) is 3.43. The van der Waals surface area contributed by atoms with Gasteiger partial charge in [0.25, 0.3) is 5.91 Å². The highest BCUT2D eigenvalue weighted by molar-refractivity contribution is 6.00. The second-order valence-electron chi connectivity index (χ2n) is 5.98. The summed E-state index contributed by atoms with van der Waals surface area (Å²) in [5.74, 6) is 0.875. The van der Waals surface area contributed by atoms with Crippen molar-refractivity contribution in [2.24, 2.45) is 5.73 Å². The number of rotatable bonds is 7. The molecular weight excluding hydrogens is 276 g/mol. The van der Waals surface area contributed by atoms with Crippen molar-refractivity contribution in [2.75, 3.05) is 11.4 Å². The number of carbonyl (C=O) groups excluding carboxylic acids is 1. The summed E-state index contributed by atoms with van der Waals surface area (Å²) < 4.78 is 5.87. The van der Waals surface area contributed by atoms with E-state index in [1.54, 1.807) is 0 Å². The molecule has 0 aliphatic carbocycles. The van der Waals surface area contributed by atoms with Gasteiger partial charge in [-0.2, -0.15) is 0 Å². The van der Waals surface area contributed by atoms with Gasteiger partial charge in [0.15, 0.2) is 6.10 Å². The number of nitrogens with two attached hydrogens (primary N) is 1. The van der Waals surface area contributed by atoms with Crippen LogP contribution in [0.5, 0.6) is 5.75 Å².